The Kier molecular flexibility index (Phi) is 6.50. The fourth-order valence-corrected chi connectivity index (χ4v) is 3.34. The third-order valence-corrected chi connectivity index (χ3v) is 6.54. The number of rotatable bonds is 5. The van der Waals surface area contributed by atoms with Crippen LogP contribution in [-0.4, -0.2) is 20.1 Å². The molecule has 2 rings (SSSR count). The van der Waals surface area contributed by atoms with E-state index >= 15 is 0 Å². The Bertz CT molecular complexity index is 850. The second kappa shape index (κ2) is 8.12. The number of hydrogen-bond acceptors (Lipinski definition) is 3. The largest absolute Gasteiger partial charge is 0.359 e. The highest BCUT2D eigenvalue weighted by atomic mass is 32.2. The average Bonchev–Trinajstić information content (AvgIpc) is 2.58. The number of sulfonamides is 1. The van der Waals surface area contributed by atoms with Crippen LogP contribution in [0.5, 0.6) is 0 Å². The summed E-state index contributed by atoms with van der Waals surface area (Å²) in [5.74, 6) is 0. The summed E-state index contributed by atoms with van der Waals surface area (Å²) in [6.45, 7) is 10.3. The molecule has 1 unspecified atom stereocenters. The van der Waals surface area contributed by atoms with Gasteiger partial charge in [0, 0.05) is 13.1 Å². The Labute approximate surface area is 168 Å². The molecule has 7 heteroatoms. The van der Waals surface area contributed by atoms with Crippen molar-refractivity contribution in [2.75, 3.05) is 6.54 Å². The van der Waals surface area contributed by atoms with Crippen LogP contribution in [0.1, 0.15) is 39.7 Å². The van der Waals surface area contributed by atoms with Gasteiger partial charge in [-0.05, 0) is 52.7 Å². The van der Waals surface area contributed by atoms with Crippen LogP contribution in [-0.2, 0) is 16.6 Å². The Morgan fingerprint density at radius 1 is 1.19 bits per heavy atom. The molecule has 148 valence electrons. The number of nitrogens with two attached hydrogens (primary N) is 1. The normalized spacial score (nSPS) is 20.1. The van der Waals surface area contributed by atoms with Gasteiger partial charge < -0.3 is 10.6 Å². The van der Waals surface area contributed by atoms with E-state index in [1.54, 1.807) is 12.1 Å². The van der Waals surface area contributed by atoms with Gasteiger partial charge in [-0.25, -0.2) is 13.6 Å². The highest BCUT2D eigenvalue weighted by Gasteiger charge is 2.35. The van der Waals surface area contributed by atoms with Gasteiger partial charge in [0.1, 0.15) is 0 Å². The molecule has 0 radical (unpaired) electrons. The Balaban J connectivity index is 1.80. The Morgan fingerprint density at radius 3 is 2.26 bits per heavy atom. The molecule has 0 amide bonds. The fourth-order valence-electron chi connectivity index (χ4n) is 2.68. The maximum absolute atomic E-state index is 11.3. The van der Waals surface area contributed by atoms with Crippen molar-refractivity contribution >= 4 is 27.4 Å². The third-order valence-electron chi connectivity index (χ3n) is 5.32. The first-order valence-corrected chi connectivity index (χ1v) is 10.9. The van der Waals surface area contributed by atoms with Crippen molar-refractivity contribution in [3.8, 4) is 0 Å². The van der Waals surface area contributed by atoms with E-state index in [4.69, 9.17) is 17.4 Å². The van der Waals surface area contributed by atoms with Crippen molar-refractivity contribution in [3.05, 3.63) is 53.6 Å². The molecule has 0 saturated carbocycles. The van der Waals surface area contributed by atoms with Crippen LogP contribution in [0.2, 0.25) is 0 Å². The van der Waals surface area contributed by atoms with Gasteiger partial charge in [-0.3, -0.25) is 0 Å². The number of allylic oxidation sites excluding steroid dienone is 2. The molecule has 1 aromatic rings. The van der Waals surface area contributed by atoms with Crippen LogP contribution in [0.3, 0.4) is 0 Å². The maximum Gasteiger partial charge on any atom is 0.238 e. The van der Waals surface area contributed by atoms with Crippen molar-refractivity contribution < 1.29 is 8.42 Å². The minimum atomic E-state index is -3.66. The van der Waals surface area contributed by atoms with Crippen molar-refractivity contribution in [2.24, 2.45) is 16.0 Å². The van der Waals surface area contributed by atoms with Gasteiger partial charge in [-0.1, -0.05) is 58.1 Å². The lowest BCUT2D eigenvalue weighted by Gasteiger charge is -2.41. The lowest BCUT2D eigenvalue weighted by Crippen LogP contribution is -2.36. The average molecular weight is 408 g/mol. The molecule has 0 aromatic heterocycles. The summed E-state index contributed by atoms with van der Waals surface area (Å²) in [6.07, 6.45) is 7.76. The molecular weight excluding hydrogens is 378 g/mol. The first kappa shape index (κ1) is 21.6. The summed E-state index contributed by atoms with van der Waals surface area (Å²) >= 11 is 5.32. The SMILES string of the molecule is CC(C)(C)C1(C)C=CC(CNC(=S)NCc2ccc(S(N)(=O)=O)cc2)=CC1. The minimum absolute atomic E-state index is 0.102. The van der Waals surface area contributed by atoms with E-state index in [-0.39, 0.29) is 15.7 Å². The standard InChI is InChI=1S/C20H29N3O2S2/c1-19(2,3)20(4)11-9-16(10-12-20)14-23-18(26)22-13-15-5-7-17(8-6-15)27(21,24)25/h5-11H,12-14H2,1-4H3,(H2,21,24,25)(H2,22,23,26). The van der Waals surface area contributed by atoms with E-state index in [9.17, 15) is 8.42 Å². The fraction of sp³-hybridized carbons (Fsp3) is 0.450. The van der Waals surface area contributed by atoms with Gasteiger partial charge in [0.15, 0.2) is 5.11 Å². The van der Waals surface area contributed by atoms with Crippen LogP contribution in [0, 0.1) is 10.8 Å². The zero-order valence-electron chi connectivity index (χ0n) is 16.4. The number of primary sulfonamides is 1. The molecule has 0 aliphatic heterocycles. The molecule has 0 bridgehead atoms. The first-order chi connectivity index (χ1) is 12.4. The lowest BCUT2D eigenvalue weighted by molar-refractivity contribution is 0.169. The summed E-state index contributed by atoms with van der Waals surface area (Å²) < 4.78 is 22.5. The summed E-state index contributed by atoms with van der Waals surface area (Å²) in [4.78, 5) is 0.102. The number of thiocarbonyl (C=S) groups is 1. The van der Waals surface area contributed by atoms with E-state index in [0.29, 0.717) is 18.2 Å². The molecule has 27 heavy (non-hydrogen) atoms. The zero-order valence-corrected chi connectivity index (χ0v) is 18.0. The predicted molar refractivity (Wildman–Crippen MR) is 115 cm³/mol. The van der Waals surface area contributed by atoms with Crippen LogP contribution in [0.25, 0.3) is 0 Å². The van der Waals surface area contributed by atoms with E-state index in [1.165, 1.54) is 17.7 Å². The van der Waals surface area contributed by atoms with Gasteiger partial charge >= 0.3 is 0 Å². The molecular formula is C20H29N3O2S2. The van der Waals surface area contributed by atoms with E-state index < -0.39 is 10.0 Å². The van der Waals surface area contributed by atoms with Gasteiger partial charge in [-0.15, -0.1) is 0 Å². The van der Waals surface area contributed by atoms with Crippen LogP contribution >= 0.6 is 12.2 Å². The van der Waals surface area contributed by atoms with Crippen molar-refractivity contribution in [1.82, 2.24) is 10.6 Å². The summed E-state index contributed by atoms with van der Waals surface area (Å²) in [5.41, 5.74) is 2.52. The summed E-state index contributed by atoms with van der Waals surface area (Å²) in [6, 6.07) is 6.42. The lowest BCUT2D eigenvalue weighted by atomic mass is 9.64. The van der Waals surface area contributed by atoms with E-state index in [2.05, 4.69) is 56.6 Å². The second-order valence-corrected chi connectivity index (χ2v) is 10.2. The summed E-state index contributed by atoms with van der Waals surface area (Å²) in [7, 11) is -3.66. The molecule has 0 saturated heterocycles. The van der Waals surface area contributed by atoms with Gasteiger partial charge in [0.2, 0.25) is 10.0 Å². The maximum atomic E-state index is 11.3. The molecule has 1 aliphatic rings. The quantitative estimate of drug-likeness (QED) is 0.653. The molecule has 1 atom stereocenters. The molecule has 5 nitrogen and oxygen atoms in total. The van der Waals surface area contributed by atoms with E-state index in [0.717, 1.165) is 12.0 Å². The zero-order chi connectivity index (χ0) is 20.3. The van der Waals surface area contributed by atoms with Crippen molar-refractivity contribution in [3.63, 3.8) is 0 Å². The van der Waals surface area contributed by atoms with Gasteiger partial charge in [-0.2, -0.15) is 0 Å². The molecule has 0 heterocycles. The highest BCUT2D eigenvalue weighted by Crippen LogP contribution is 2.44. The third kappa shape index (κ3) is 5.89. The monoisotopic (exact) mass is 407 g/mol. The van der Waals surface area contributed by atoms with Crippen LogP contribution in [0.15, 0.2) is 53.0 Å². The van der Waals surface area contributed by atoms with Gasteiger partial charge in [0.05, 0.1) is 4.90 Å². The first-order valence-electron chi connectivity index (χ1n) is 8.92. The van der Waals surface area contributed by atoms with Crippen LogP contribution < -0.4 is 15.8 Å². The minimum Gasteiger partial charge on any atom is -0.359 e. The number of benzene rings is 1. The van der Waals surface area contributed by atoms with E-state index in [1.807, 2.05) is 0 Å². The van der Waals surface area contributed by atoms with Gasteiger partial charge in [0.25, 0.3) is 0 Å². The number of hydrogen-bond donors (Lipinski definition) is 3. The predicted octanol–water partition coefficient (Wildman–Crippen LogP) is 3.24. The molecule has 0 fully saturated rings. The topological polar surface area (TPSA) is 84.2 Å². The Hall–Kier alpha value is -1.70. The van der Waals surface area contributed by atoms with Crippen molar-refractivity contribution in [2.45, 2.75) is 45.6 Å². The summed E-state index contributed by atoms with van der Waals surface area (Å²) in [5, 5.41) is 12.0. The van der Waals surface area contributed by atoms with Crippen molar-refractivity contribution in [1.29, 1.82) is 0 Å². The Morgan fingerprint density at radius 2 is 1.78 bits per heavy atom. The highest BCUT2D eigenvalue weighted by molar-refractivity contribution is 7.89. The smallest absolute Gasteiger partial charge is 0.238 e. The molecule has 1 aromatic carbocycles. The second-order valence-electron chi connectivity index (χ2n) is 8.21. The molecule has 0 spiro atoms. The number of nitrogens with one attached hydrogen (secondary N) is 2. The van der Waals surface area contributed by atoms with Crippen LogP contribution in [0.4, 0.5) is 0 Å². The molecule has 4 N–H and O–H groups in total. The molecule has 1 aliphatic carbocycles.